The predicted molar refractivity (Wildman–Crippen MR) is 200 cm³/mol. The molecule has 1 heterocycles. The SMILES string of the molecule is [2H]c1c([2H])c([2H])c2c([2H])c(-c3c4ccccc4c(-c4ccc5oc6c7ccccc7c(-c7ccccc7)cc6c5c4)c4ccccc34)c([2H])c([2H])c2c1[2H]. The molecule has 0 radical (unpaired) electrons. The van der Waals surface area contributed by atoms with Gasteiger partial charge in [-0.05, 0) is 95.3 Å². The van der Waals surface area contributed by atoms with Gasteiger partial charge in [0, 0.05) is 16.2 Å². The number of rotatable bonds is 3. The van der Waals surface area contributed by atoms with Crippen molar-refractivity contribution in [1.29, 1.82) is 0 Å². The molecular weight excluding hydrogens is 569 g/mol. The summed E-state index contributed by atoms with van der Waals surface area (Å²) in [5, 5.41) is 7.27. The summed E-state index contributed by atoms with van der Waals surface area (Å²) in [6.45, 7) is 0. The Morgan fingerprint density at radius 2 is 1.00 bits per heavy atom. The van der Waals surface area contributed by atoms with Gasteiger partial charge in [-0.15, -0.1) is 0 Å². The highest BCUT2D eigenvalue weighted by atomic mass is 16.3. The minimum atomic E-state index is -0.486. The van der Waals surface area contributed by atoms with Crippen LogP contribution in [0.3, 0.4) is 0 Å². The van der Waals surface area contributed by atoms with E-state index in [9.17, 15) is 2.74 Å². The van der Waals surface area contributed by atoms with E-state index in [0.717, 1.165) is 76.5 Å². The van der Waals surface area contributed by atoms with Crippen LogP contribution in [0.15, 0.2) is 174 Å². The number of furan rings is 1. The van der Waals surface area contributed by atoms with Crippen LogP contribution in [0.25, 0.3) is 98.4 Å². The molecule has 10 aromatic rings. The van der Waals surface area contributed by atoms with Crippen LogP contribution in [-0.2, 0) is 0 Å². The lowest BCUT2D eigenvalue weighted by atomic mass is 9.85. The largest absolute Gasteiger partial charge is 0.455 e. The van der Waals surface area contributed by atoms with Crippen LogP contribution < -0.4 is 0 Å². The molecule has 9 aromatic carbocycles. The highest BCUT2D eigenvalue weighted by Gasteiger charge is 2.19. The van der Waals surface area contributed by atoms with Crippen molar-refractivity contribution >= 4 is 65.0 Å². The fourth-order valence-electron chi connectivity index (χ4n) is 7.23. The average Bonchev–Trinajstić information content (AvgIpc) is 3.58. The van der Waals surface area contributed by atoms with Gasteiger partial charge in [0.05, 0.1) is 9.60 Å². The lowest BCUT2D eigenvalue weighted by Gasteiger charge is -2.18. The molecule has 0 saturated carbocycles. The molecule has 1 heteroatoms. The first kappa shape index (κ1) is 20.0. The standard InChI is InChI=1S/C46H28O/c1-2-13-30(14-3-1)40-28-42-41-27-33(24-25-43(41)47-46(42)39-21-11-6-16-34(39)40)45-37-19-9-7-17-35(37)44(36-18-8-10-20-38(36)45)32-23-22-29-12-4-5-15-31(29)26-32/h1-28H/i4D,5D,12D,15D,22D,23D,26D. The van der Waals surface area contributed by atoms with Gasteiger partial charge in [0.15, 0.2) is 0 Å². The molecule has 0 fully saturated rings. The summed E-state index contributed by atoms with van der Waals surface area (Å²) in [6, 6.07) is 40.4. The van der Waals surface area contributed by atoms with Gasteiger partial charge in [-0.3, -0.25) is 0 Å². The second-order valence-corrected chi connectivity index (χ2v) is 11.9. The van der Waals surface area contributed by atoms with Gasteiger partial charge < -0.3 is 4.42 Å². The van der Waals surface area contributed by atoms with E-state index in [-0.39, 0.29) is 40.5 Å². The smallest absolute Gasteiger partial charge is 0.143 e. The molecule has 218 valence electrons. The van der Waals surface area contributed by atoms with Crippen LogP contribution in [0, 0.1) is 0 Å². The Labute approximate surface area is 281 Å². The molecule has 0 unspecified atom stereocenters. The molecule has 10 rings (SSSR count). The third-order valence-corrected chi connectivity index (χ3v) is 9.28. The molecule has 0 atom stereocenters. The maximum atomic E-state index is 9.41. The highest BCUT2D eigenvalue weighted by molar-refractivity contribution is 6.24. The van der Waals surface area contributed by atoms with E-state index in [4.69, 9.17) is 11.3 Å². The fourth-order valence-corrected chi connectivity index (χ4v) is 7.23. The van der Waals surface area contributed by atoms with Gasteiger partial charge in [0.1, 0.15) is 11.2 Å². The molecule has 0 bridgehead atoms. The van der Waals surface area contributed by atoms with Crippen molar-refractivity contribution in [3.63, 3.8) is 0 Å². The van der Waals surface area contributed by atoms with Crippen molar-refractivity contribution in [3.8, 4) is 33.4 Å². The second-order valence-electron chi connectivity index (χ2n) is 11.9. The number of hydrogen-bond donors (Lipinski definition) is 0. The fraction of sp³-hybridized carbons (Fsp3) is 0. The van der Waals surface area contributed by atoms with Crippen LogP contribution in [0.2, 0.25) is 0 Å². The van der Waals surface area contributed by atoms with Gasteiger partial charge in [-0.2, -0.15) is 0 Å². The molecule has 0 spiro atoms. The summed E-state index contributed by atoms with van der Waals surface area (Å²) in [5.74, 6) is 0. The molecule has 47 heavy (non-hydrogen) atoms. The lowest BCUT2D eigenvalue weighted by molar-refractivity contribution is 0.673. The molecule has 1 nitrogen and oxygen atoms in total. The zero-order valence-corrected chi connectivity index (χ0v) is 25.0. The third kappa shape index (κ3) is 3.97. The number of benzene rings is 9. The second kappa shape index (κ2) is 10.2. The topological polar surface area (TPSA) is 13.1 Å². The monoisotopic (exact) mass is 603 g/mol. The lowest BCUT2D eigenvalue weighted by Crippen LogP contribution is -1.91. The van der Waals surface area contributed by atoms with Gasteiger partial charge in [0.2, 0.25) is 0 Å². The molecule has 0 aliphatic rings. The Bertz CT molecular complexity index is 3180. The van der Waals surface area contributed by atoms with Gasteiger partial charge in [0.25, 0.3) is 0 Å². The molecule has 0 aliphatic heterocycles. The van der Waals surface area contributed by atoms with E-state index in [2.05, 4.69) is 60.7 Å². The normalized spacial score (nSPS) is 13.9. The van der Waals surface area contributed by atoms with Crippen molar-refractivity contribution in [2.75, 3.05) is 0 Å². The van der Waals surface area contributed by atoms with Gasteiger partial charge in [-0.1, -0.05) is 145 Å². The van der Waals surface area contributed by atoms with Crippen molar-refractivity contribution in [1.82, 2.24) is 0 Å². The Kier molecular flexibility index (Phi) is 4.34. The quantitative estimate of drug-likeness (QED) is 0.183. The highest BCUT2D eigenvalue weighted by Crippen LogP contribution is 2.46. The Morgan fingerprint density at radius 3 is 1.70 bits per heavy atom. The summed E-state index contributed by atoms with van der Waals surface area (Å²) in [6.07, 6.45) is 0. The van der Waals surface area contributed by atoms with Crippen molar-refractivity contribution in [3.05, 3.63) is 170 Å². The van der Waals surface area contributed by atoms with E-state index >= 15 is 0 Å². The van der Waals surface area contributed by atoms with Crippen molar-refractivity contribution < 1.29 is 14.0 Å². The molecular formula is C46H28O. The maximum Gasteiger partial charge on any atom is 0.143 e. The first-order valence-electron chi connectivity index (χ1n) is 19.1. The average molecular weight is 604 g/mol. The summed E-state index contributed by atoms with van der Waals surface area (Å²) < 4.78 is 68.0. The van der Waals surface area contributed by atoms with E-state index < -0.39 is 18.1 Å². The molecule has 1 aromatic heterocycles. The Morgan fingerprint density at radius 1 is 0.404 bits per heavy atom. The number of fused-ring (bicyclic) bond motifs is 8. The minimum Gasteiger partial charge on any atom is -0.455 e. The van der Waals surface area contributed by atoms with E-state index in [1.54, 1.807) is 0 Å². The third-order valence-electron chi connectivity index (χ3n) is 9.28. The summed E-state index contributed by atoms with van der Waals surface area (Å²) in [5.41, 5.74) is 6.52. The van der Waals surface area contributed by atoms with Gasteiger partial charge in [-0.25, -0.2) is 0 Å². The van der Waals surface area contributed by atoms with E-state index in [0.29, 0.717) is 5.56 Å². The van der Waals surface area contributed by atoms with Gasteiger partial charge >= 0.3 is 0 Å². The van der Waals surface area contributed by atoms with Crippen LogP contribution in [-0.4, -0.2) is 0 Å². The predicted octanol–water partition coefficient (Wildman–Crippen LogP) is 13.2. The molecule has 0 N–H and O–H groups in total. The summed E-state index contributed by atoms with van der Waals surface area (Å²) in [7, 11) is 0. The summed E-state index contributed by atoms with van der Waals surface area (Å²) >= 11 is 0. The maximum absolute atomic E-state index is 9.41. The zero-order valence-electron chi connectivity index (χ0n) is 32.0. The molecule has 0 saturated heterocycles. The molecule has 0 amide bonds. The Balaban J connectivity index is 1.30. The van der Waals surface area contributed by atoms with E-state index in [1.165, 1.54) is 0 Å². The zero-order chi connectivity index (χ0) is 37.0. The van der Waals surface area contributed by atoms with E-state index in [1.807, 2.05) is 66.7 Å². The van der Waals surface area contributed by atoms with Crippen LogP contribution in [0.4, 0.5) is 0 Å². The first-order valence-corrected chi connectivity index (χ1v) is 15.6. The van der Waals surface area contributed by atoms with Crippen LogP contribution in [0.1, 0.15) is 9.60 Å². The Hall–Kier alpha value is -6.18. The minimum absolute atomic E-state index is 0.0612. The summed E-state index contributed by atoms with van der Waals surface area (Å²) in [4.78, 5) is 0. The molecule has 0 aliphatic carbocycles. The van der Waals surface area contributed by atoms with Crippen molar-refractivity contribution in [2.45, 2.75) is 0 Å². The van der Waals surface area contributed by atoms with Crippen molar-refractivity contribution in [2.24, 2.45) is 0 Å². The number of hydrogen-bond acceptors (Lipinski definition) is 1. The van der Waals surface area contributed by atoms with Crippen LogP contribution >= 0.6 is 0 Å². The first-order chi connectivity index (χ1) is 26.2. The van der Waals surface area contributed by atoms with Crippen LogP contribution in [0.5, 0.6) is 0 Å².